The Hall–Kier alpha value is -4.14. The molecule has 13 rings (SSSR count). The molecule has 7 aliphatic rings. The van der Waals surface area contributed by atoms with Crippen molar-refractivity contribution in [1.29, 1.82) is 0 Å². The van der Waals surface area contributed by atoms with Crippen molar-refractivity contribution in [1.82, 2.24) is 0 Å². The van der Waals surface area contributed by atoms with E-state index in [2.05, 4.69) is 48.5 Å². The first-order chi connectivity index (χ1) is 24.4. The molecular formula is C44H40O4S2. The van der Waals surface area contributed by atoms with Gasteiger partial charge in [-0.3, -0.25) is 0 Å². The van der Waals surface area contributed by atoms with E-state index in [0.29, 0.717) is 0 Å². The maximum absolute atomic E-state index is 11.2. The molecule has 4 atom stereocenters. The van der Waals surface area contributed by atoms with Crippen LogP contribution in [0.25, 0.3) is 0 Å². The minimum Gasteiger partial charge on any atom is -0.384 e. The number of benzene rings is 6. The zero-order valence-electron chi connectivity index (χ0n) is 27.6. The minimum atomic E-state index is -0.796. The third-order valence-electron chi connectivity index (χ3n) is 9.34. The van der Waals surface area contributed by atoms with Crippen molar-refractivity contribution in [3.8, 4) is 0 Å². The number of hydrogen-bond donors (Lipinski definition) is 4. The Morgan fingerprint density at radius 1 is 0.300 bits per heavy atom. The molecule has 4 nitrogen and oxygen atoms in total. The Morgan fingerprint density at radius 3 is 0.740 bits per heavy atom. The monoisotopic (exact) mass is 696 g/mol. The van der Waals surface area contributed by atoms with Crippen molar-refractivity contribution >= 4 is 23.5 Å². The standard InChI is InChI=1S/C44H40O4S2/c45-41-33-15-7-29(8-16-33)25-49-27-31-11-19-35(20-12-31)43(47)39-5-2-6-40(24-39)44(48)36-21-13-32(14-22-36)28-50-26-30-9-17-34(18-10-30)42(46)38-4-1-3-37(41)23-38/h1-24,41-48H,25-28H2. The van der Waals surface area contributed by atoms with Crippen LogP contribution in [-0.4, -0.2) is 20.4 Å². The summed E-state index contributed by atoms with van der Waals surface area (Å²) in [6, 6.07) is 47.4. The van der Waals surface area contributed by atoms with Crippen LogP contribution in [0.15, 0.2) is 146 Å². The van der Waals surface area contributed by atoms with E-state index in [1.807, 2.05) is 121 Å². The fourth-order valence-electron chi connectivity index (χ4n) is 6.33. The molecule has 4 unspecified atom stereocenters. The smallest absolute Gasteiger partial charge is 0.104 e. The normalized spacial score (nSPS) is 19.9. The van der Waals surface area contributed by atoms with Gasteiger partial charge in [0.15, 0.2) is 0 Å². The molecule has 7 aliphatic heterocycles. The van der Waals surface area contributed by atoms with Crippen molar-refractivity contribution < 1.29 is 20.4 Å². The highest BCUT2D eigenvalue weighted by molar-refractivity contribution is 7.97. The second kappa shape index (κ2) is 15.8. The lowest BCUT2D eigenvalue weighted by atomic mass is 9.95. The molecule has 6 aromatic rings. The van der Waals surface area contributed by atoms with E-state index in [9.17, 15) is 20.4 Å². The van der Waals surface area contributed by atoms with Crippen LogP contribution in [0.2, 0.25) is 0 Å². The Labute approximate surface area is 302 Å². The number of aliphatic hydroxyl groups is 4. The maximum atomic E-state index is 11.2. The van der Waals surface area contributed by atoms with Crippen LogP contribution in [0.5, 0.6) is 0 Å². The predicted molar refractivity (Wildman–Crippen MR) is 205 cm³/mol. The molecule has 0 aromatic heterocycles. The second-order valence-corrected chi connectivity index (χ2v) is 14.9. The van der Waals surface area contributed by atoms with Gasteiger partial charge in [0.1, 0.15) is 24.4 Å². The molecule has 50 heavy (non-hydrogen) atoms. The third kappa shape index (κ3) is 8.08. The average molecular weight is 697 g/mol. The average Bonchev–Trinajstić information content (AvgIpc) is 3.17. The van der Waals surface area contributed by atoms with Crippen molar-refractivity contribution in [2.45, 2.75) is 47.4 Å². The summed E-state index contributed by atoms with van der Waals surface area (Å²) in [7, 11) is 0. The summed E-state index contributed by atoms with van der Waals surface area (Å²) in [6.07, 6.45) is -3.19. The van der Waals surface area contributed by atoms with Crippen molar-refractivity contribution in [3.05, 3.63) is 212 Å². The Bertz CT molecular complexity index is 1720. The minimum absolute atomic E-state index is 0.742. The van der Waals surface area contributed by atoms with Gasteiger partial charge in [0, 0.05) is 23.0 Å². The van der Waals surface area contributed by atoms with Crippen LogP contribution < -0.4 is 0 Å². The molecule has 0 saturated carbocycles. The first-order valence-electron chi connectivity index (χ1n) is 16.8. The molecule has 0 radical (unpaired) electrons. The van der Waals surface area contributed by atoms with Crippen LogP contribution in [0, 0.1) is 0 Å². The summed E-state index contributed by atoms with van der Waals surface area (Å²) in [6.45, 7) is 0. The van der Waals surface area contributed by atoms with Gasteiger partial charge in [-0.05, 0) is 78.9 Å². The predicted octanol–water partition coefficient (Wildman–Crippen LogP) is 9.19. The molecule has 0 fully saturated rings. The molecule has 252 valence electrons. The number of rotatable bonds is 0. The van der Waals surface area contributed by atoms with Gasteiger partial charge in [-0.1, -0.05) is 133 Å². The molecular weight excluding hydrogens is 657 g/mol. The molecule has 0 amide bonds. The third-order valence-corrected chi connectivity index (χ3v) is 11.5. The summed E-state index contributed by atoms with van der Waals surface area (Å²) >= 11 is 3.62. The van der Waals surface area contributed by atoms with E-state index in [0.717, 1.165) is 67.5 Å². The van der Waals surface area contributed by atoms with Gasteiger partial charge in [0.2, 0.25) is 0 Å². The van der Waals surface area contributed by atoms with Crippen LogP contribution >= 0.6 is 23.5 Å². The maximum Gasteiger partial charge on any atom is 0.104 e. The Balaban J connectivity index is 1.13. The SMILES string of the molecule is OC1c2ccc(cc2)CSCc2ccc(cc2)C(O)c2cccc(c2)C(O)c2ccc(cc2)CSCc2ccc(cc2)C(O)c2cccc1c2. The molecule has 7 heterocycles. The van der Waals surface area contributed by atoms with Gasteiger partial charge < -0.3 is 20.4 Å². The highest BCUT2D eigenvalue weighted by atomic mass is 32.2. The number of aliphatic hydroxyl groups excluding tert-OH is 4. The lowest BCUT2D eigenvalue weighted by Crippen LogP contribution is -2.04. The second-order valence-electron chi connectivity index (χ2n) is 12.9. The van der Waals surface area contributed by atoms with Gasteiger partial charge in [0.05, 0.1) is 0 Å². The number of hydrogen-bond acceptors (Lipinski definition) is 6. The van der Waals surface area contributed by atoms with Crippen LogP contribution in [0.3, 0.4) is 0 Å². The quantitative estimate of drug-likeness (QED) is 0.127. The van der Waals surface area contributed by atoms with Gasteiger partial charge in [-0.2, -0.15) is 23.5 Å². The molecule has 0 aliphatic carbocycles. The summed E-state index contributed by atoms with van der Waals surface area (Å²) in [5, 5.41) is 44.9. The van der Waals surface area contributed by atoms with Crippen molar-refractivity contribution in [2.24, 2.45) is 0 Å². The summed E-state index contributed by atoms with van der Waals surface area (Å²) in [5.41, 5.74) is 10.9. The highest BCUT2D eigenvalue weighted by Gasteiger charge is 2.17. The molecule has 6 aromatic carbocycles. The summed E-state index contributed by atoms with van der Waals surface area (Å²) in [4.78, 5) is 0. The molecule has 6 heteroatoms. The fraction of sp³-hybridized carbons (Fsp3) is 0.182. The van der Waals surface area contributed by atoms with Crippen LogP contribution in [0.4, 0.5) is 0 Å². The van der Waals surface area contributed by atoms with E-state index in [4.69, 9.17) is 0 Å². The first kappa shape index (κ1) is 34.3. The zero-order chi connectivity index (χ0) is 34.5. The van der Waals surface area contributed by atoms with Gasteiger partial charge >= 0.3 is 0 Å². The van der Waals surface area contributed by atoms with E-state index in [1.165, 1.54) is 22.3 Å². The number of thioether (sulfide) groups is 2. The Morgan fingerprint density at radius 2 is 0.520 bits per heavy atom. The van der Waals surface area contributed by atoms with Crippen molar-refractivity contribution in [2.75, 3.05) is 0 Å². The van der Waals surface area contributed by atoms with Crippen molar-refractivity contribution in [3.63, 3.8) is 0 Å². The highest BCUT2D eigenvalue weighted by Crippen LogP contribution is 2.31. The fourth-order valence-corrected chi connectivity index (χ4v) is 8.24. The van der Waals surface area contributed by atoms with E-state index in [-0.39, 0.29) is 0 Å². The largest absolute Gasteiger partial charge is 0.384 e. The van der Waals surface area contributed by atoms with Crippen LogP contribution in [0.1, 0.15) is 91.2 Å². The van der Waals surface area contributed by atoms with Gasteiger partial charge in [0.25, 0.3) is 0 Å². The lowest BCUT2D eigenvalue weighted by molar-refractivity contribution is 0.213. The first-order valence-corrected chi connectivity index (χ1v) is 19.1. The topological polar surface area (TPSA) is 80.9 Å². The van der Waals surface area contributed by atoms with Gasteiger partial charge in [-0.15, -0.1) is 0 Å². The molecule has 12 bridgehead atoms. The molecule has 0 spiro atoms. The zero-order valence-corrected chi connectivity index (χ0v) is 29.2. The van der Waals surface area contributed by atoms with E-state index >= 15 is 0 Å². The van der Waals surface area contributed by atoms with Gasteiger partial charge in [-0.25, -0.2) is 0 Å². The molecule has 4 N–H and O–H groups in total. The summed E-state index contributed by atoms with van der Waals surface area (Å²) < 4.78 is 0. The summed E-state index contributed by atoms with van der Waals surface area (Å²) in [5.74, 6) is 3.32. The van der Waals surface area contributed by atoms with Crippen LogP contribution in [-0.2, 0) is 23.0 Å². The molecule has 0 saturated heterocycles. The lowest BCUT2D eigenvalue weighted by Gasteiger charge is -2.17. The Kier molecular flexibility index (Phi) is 10.9. The van der Waals surface area contributed by atoms with E-state index < -0.39 is 24.4 Å². The van der Waals surface area contributed by atoms with E-state index in [1.54, 1.807) is 0 Å².